The van der Waals surface area contributed by atoms with Crippen LogP contribution in [0.15, 0.2) is 35.4 Å². The van der Waals surface area contributed by atoms with Gasteiger partial charge in [-0.3, -0.25) is 0 Å². The first-order valence-corrected chi connectivity index (χ1v) is 10.9. The van der Waals surface area contributed by atoms with Crippen LogP contribution in [-0.2, 0) is 9.84 Å². The smallest absolute Gasteiger partial charge is 0.407 e. The molecule has 156 valence electrons. The first-order valence-electron chi connectivity index (χ1n) is 9.02. The molecule has 8 nitrogen and oxygen atoms in total. The number of halogens is 1. The number of sulfone groups is 1. The number of ether oxygens (including phenoxy) is 1. The third kappa shape index (κ3) is 4.94. The number of likely N-dealkylation sites (tertiary alicyclic amines) is 1. The Morgan fingerprint density at radius 1 is 1.31 bits per heavy atom. The highest BCUT2D eigenvalue weighted by Crippen LogP contribution is 2.29. The molecule has 1 saturated heterocycles. The molecule has 0 saturated carbocycles. The Hall–Kier alpha value is -2.88. The standard InChI is InChI=1S/C19H22FN3O5S/c1-12-17(28-13-6-9-23(10-7-13)19(24)25)5-8-21-18(12)22-16-4-3-14(11-15(16)20)29(2,26)27/h3-5,8,11,13H,6-7,9-10H2,1-2H3,(H,21,22)(H,24,25). The van der Waals surface area contributed by atoms with Gasteiger partial charge >= 0.3 is 6.09 Å². The van der Waals surface area contributed by atoms with E-state index in [1.807, 2.05) is 0 Å². The number of hydrogen-bond donors (Lipinski definition) is 2. The zero-order valence-corrected chi connectivity index (χ0v) is 16.9. The van der Waals surface area contributed by atoms with Crippen LogP contribution < -0.4 is 10.1 Å². The predicted molar refractivity (Wildman–Crippen MR) is 105 cm³/mol. The van der Waals surface area contributed by atoms with Gasteiger partial charge in [0, 0.05) is 43.9 Å². The molecule has 0 aliphatic carbocycles. The summed E-state index contributed by atoms with van der Waals surface area (Å²) in [6, 6.07) is 5.34. The van der Waals surface area contributed by atoms with E-state index in [4.69, 9.17) is 9.84 Å². The molecule has 2 heterocycles. The van der Waals surface area contributed by atoms with Crippen LogP contribution in [0.5, 0.6) is 5.75 Å². The third-order valence-electron chi connectivity index (χ3n) is 4.78. The fourth-order valence-corrected chi connectivity index (χ4v) is 3.70. The number of pyridine rings is 1. The molecule has 0 radical (unpaired) electrons. The molecule has 1 amide bonds. The molecule has 0 spiro atoms. The summed E-state index contributed by atoms with van der Waals surface area (Å²) in [5.74, 6) is 0.252. The van der Waals surface area contributed by atoms with Gasteiger partial charge in [0.2, 0.25) is 0 Å². The number of carboxylic acid groups (broad SMARTS) is 1. The lowest BCUT2D eigenvalue weighted by Crippen LogP contribution is -2.41. The number of nitrogens with zero attached hydrogens (tertiary/aromatic N) is 2. The average Bonchev–Trinajstić information content (AvgIpc) is 2.66. The second-order valence-electron chi connectivity index (χ2n) is 6.91. The van der Waals surface area contributed by atoms with Crippen LogP contribution in [0.25, 0.3) is 0 Å². The maximum Gasteiger partial charge on any atom is 0.407 e. The Morgan fingerprint density at radius 3 is 2.59 bits per heavy atom. The van der Waals surface area contributed by atoms with Gasteiger partial charge in [0.05, 0.1) is 10.6 Å². The maximum atomic E-state index is 14.3. The van der Waals surface area contributed by atoms with Crippen molar-refractivity contribution in [1.29, 1.82) is 0 Å². The van der Waals surface area contributed by atoms with Crippen molar-refractivity contribution < 1.29 is 27.4 Å². The molecule has 10 heteroatoms. The Labute approximate surface area is 168 Å². The number of piperidine rings is 1. The predicted octanol–water partition coefficient (Wildman–Crippen LogP) is 3.20. The summed E-state index contributed by atoms with van der Waals surface area (Å²) >= 11 is 0. The summed E-state index contributed by atoms with van der Waals surface area (Å²) in [6.07, 6.45) is 2.66. The number of carbonyl (C=O) groups is 1. The summed E-state index contributed by atoms with van der Waals surface area (Å²) in [6.45, 7) is 2.60. The van der Waals surface area contributed by atoms with E-state index in [1.54, 1.807) is 13.0 Å². The zero-order chi connectivity index (χ0) is 21.2. The number of hydrogen-bond acceptors (Lipinski definition) is 6. The number of amides is 1. The molecule has 0 unspecified atom stereocenters. The number of aromatic nitrogens is 1. The normalized spacial score (nSPS) is 15.2. The highest BCUT2D eigenvalue weighted by molar-refractivity contribution is 7.90. The monoisotopic (exact) mass is 423 g/mol. The van der Waals surface area contributed by atoms with E-state index in [0.717, 1.165) is 12.3 Å². The molecule has 1 fully saturated rings. The van der Waals surface area contributed by atoms with Gasteiger partial charge in [-0.1, -0.05) is 0 Å². The van der Waals surface area contributed by atoms with E-state index in [-0.39, 0.29) is 16.7 Å². The van der Waals surface area contributed by atoms with Gasteiger partial charge in [-0.15, -0.1) is 0 Å². The van der Waals surface area contributed by atoms with Gasteiger partial charge < -0.3 is 20.1 Å². The average molecular weight is 423 g/mol. The largest absolute Gasteiger partial charge is 0.490 e. The minimum absolute atomic E-state index is 0.0971. The van der Waals surface area contributed by atoms with Crippen molar-refractivity contribution >= 4 is 27.4 Å². The molecular weight excluding hydrogens is 401 g/mol. The minimum atomic E-state index is -3.50. The van der Waals surface area contributed by atoms with Crippen molar-refractivity contribution in [2.24, 2.45) is 0 Å². The summed E-state index contributed by atoms with van der Waals surface area (Å²) in [5, 5.41) is 11.9. The number of benzene rings is 1. The van der Waals surface area contributed by atoms with E-state index in [1.165, 1.54) is 23.2 Å². The summed E-state index contributed by atoms with van der Waals surface area (Å²) in [5.41, 5.74) is 0.764. The van der Waals surface area contributed by atoms with Crippen LogP contribution in [-0.4, -0.2) is 55.0 Å². The first-order chi connectivity index (χ1) is 13.6. The van der Waals surface area contributed by atoms with Gasteiger partial charge in [-0.05, 0) is 31.2 Å². The lowest BCUT2D eigenvalue weighted by molar-refractivity contribution is 0.0891. The molecular formula is C19H22FN3O5S. The fourth-order valence-electron chi connectivity index (χ4n) is 3.07. The number of anilines is 2. The third-order valence-corrected chi connectivity index (χ3v) is 5.89. The molecule has 0 atom stereocenters. The van der Waals surface area contributed by atoms with Crippen LogP contribution in [0.3, 0.4) is 0 Å². The minimum Gasteiger partial charge on any atom is -0.490 e. The maximum absolute atomic E-state index is 14.3. The van der Waals surface area contributed by atoms with Gasteiger partial charge in [0.25, 0.3) is 0 Å². The van der Waals surface area contributed by atoms with Crippen molar-refractivity contribution in [2.45, 2.75) is 30.8 Å². The van der Waals surface area contributed by atoms with E-state index in [2.05, 4.69) is 10.3 Å². The van der Waals surface area contributed by atoms with E-state index in [9.17, 15) is 17.6 Å². The van der Waals surface area contributed by atoms with Crippen molar-refractivity contribution in [1.82, 2.24) is 9.88 Å². The second kappa shape index (κ2) is 8.24. The van der Waals surface area contributed by atoms with Crippen LogP contribution in [0.1, 0.15) is 18.4 Å². The Kier molecular flexibility index (Phi) is 5.92. The highest BCUT2D eigenvalue weighted by atomic mass is 32.2. The van der Waals surface area contributed by atoms with Crippen molar-refractivity contribution in [3.05, 3.63) is 41.8 Å². The summed E-state index contributed by atoms with van der Waals surface area (Å²) < 4.78 is 43.4. The summed E-state index contributed by atoms with van der Waals surface area (Å²) in [7, 11) is -3.50. The van der Waals surface area contributed by atoms with Crippen LogP contribution in [0, 0.1) is 12.7 Å². The van der Waals surface area contributed by atoms with Crippen LogP contribution in [0.4, 0.5) is 20.7 Å². The van der Waals surface area contributed by atoms with Crippen molar-refractivity contribution in [3.63, 3.8) is 0 Å². The fraction of sp³-hybridized carbons (Fsp3) is 0.368. The highest BCUT2D eigenvalue weighted by Gasteiger charge is 2.24. The molecule has 1 aliphatic rings. The molecule has 2 aromatic rings. The van der Waals surface area contributed by atoms with Gasteiger partial charge in [0.1, 0.15) is 23.5 Å². The number of nitrogens with one attached hydrogen (secondary N) is 1. The quantitative estimate of drug-likeness (QED) is 0.760. The molecule has 1 aromatic carbocycles. The van der Waals surface area contributed by atoms with Crippen molar-refractivity contribution in [3.8, 4) is 5.75 Å². The first kappa shape index (κ1) is 20.8. The molecule has 3 rings (SSSR count). The lowest BCUT2D eigenvalue weighted by Gasteiger charge is -2.30. The molecule has 29 heavy (non-hydrogen) atoms. The Balaban J connectivity index is 1.73. The molecule has 1 aliphatic heterocycles. The molecule has 1 aromatic heterocycles. The molecule has 0 bridgehead atoms. The topological polar surface area (TPSA) is 109 Å². The number of rotatable bonds is 5. The van der Waals surface area contributed by atoms with E-state index in [0.29, 0.717) is 43.1 Å². The second-order valence-corrected chi connectivity index (χ2v) is 8.92. The van der Waals surface area contributed by atoms with Crippen LogP contribution >= 0.6 is 0 Å². The Bertz CT molecular complexity index is 1020. The SMILES string of the molecule is Cc1c(OC2CCN(C(=O)O)CC2)ccnc1Nc1ccc(S(C)(=O)=O)cc1F. The molecule has 2 N–H and O–H groups in total. The zero-order valence-electron chi connectivity index (χ0n) is 16.1. The van der Waals surface area contributed by atoms with Crippen molar-refractivity contribution in [2.75, 3.05) is 24.7 Å². The van der Waals surface area contributed by atoms with E-state index >= 15 is 0 Å². The van der Waals surface area contributed by atoms with Gasteiger partial charge in [-0.25, -0.2) is 22.6 Å². The van der Waals surface area contributed by atoms with Gasteiger partial charge in [0.15, 0.2) is 9.84 Å². The lowest BCUT2D eigenvalue weighted by atomic mass is 10.1. The van der Waals surface area contributed by atoms with E-state index < -0.39 is 21.7 Å². The van der Waals surface area contributed by atoms with Crippen LogP contribution in [0.2, 0.25) is 0 Å². The summed E-state index contributed by atoms with van der Waals surface area (Å²) in [4.78, 5) is 16.5. The van der Waals surface area contributed by atoms with Gasteiger partial charge in [-0.2, -0.15) is 0 Å². The Morgan fingerprint density at radius 2 is 2.00 bits per heavy atom.